The van der Waals surface area contributed by atoms with E-state index in [2.05, 4.69) is 25.9 Å². The molecule has 1 aromatic carbocycles. The highest BCUT2D eigenvalue weighted by molar-refractivity contribution is 9.10. The van der Waals surface area contributed by atoms with Crippen molar-refractivity contribution in [1.29, 1.82) is 0 Å². The zero-order valence-corrected chi connectivity index (χ0v) is 10.4. The van der Waals surface area contributed by atoms with Gasteiger partial charge in [0.2, 0.25) is 0 Å². The van der Waals surface area contributed by atoms with E-state index >= 15 is 0 Å². The zero-order chi connectivity index (χ0) is 11.5. The Bertz CT molecular complexity index is 484. The summed E-state index contributed by atoms with van der Waals surface area (Å²) in [5.41, 5.74) is 6.17. The van der Waals surface area contributed by atoms with Gasteiger partial charge in [0.25, 0.3) is 0 Å². The SMILES string of the molecule is Nc1cccc(Cl)c1Oc1ncc(Br)cn1. The first-order chi connectivity index (χ1) is 7.66. The fourth-order valence-corrected chi connectivity index (χ4v) is 1.50. The van der Waals surface area contributed by atoms with Gasteiger partial charge in [-0.05, 0) is 28.1 Å². The molecule has 2 N–H and O–H groups in total. The number of para-hydroxylation sites is 1. The first-order valence-corrected chi connectivity index (χ1v) is 5.53. The van der Waals surface area contributed by atoms with Crippen LogP contribution in [-0.2, 0) is 0 Å². The fourth-order valence-electron chi connectivity index (χ4n) is 1.08. The molecule has 0 bridgehead atoms. The summed E-state index contributed by atoms with van der Waals surface area (Å²) in [5, 5.41) is 0.423. The Kier molecular flexibility index (Phi) is 3.26. The normalized spacial score (nSPS) is 10.1. The summed E-state index contributed by atoms with van der Waals surface area (Å²) >= 11 is 9.17. The number of hydrogen-bond acceptors (Lipinski definition) is 4. The highest BCUT2D eigenvalue weighted by atomic mass is 79.9. The van der Waals surface area contributed by atoms with Crippen molar-refractivity contribution in [3.05, 3.63) is 40.1 Å². The van der Waals surface area contributed by atoms with E-state index in [-0.39, 0.29) is 6.01 Å². The molecule has 2 rings (SSSR count). The Morgan fingerprint density at radius 1 is 1.25 bits per heavy atom. The summed E-state index contributed by atoms with van der Waals surface area (Å²) in [5.74, 6) is 0.367. The van der Waals surface area contributed by atoms with Crippen LogP contribution in [0.2, 0.25) is 5.02 Å². The molecule has 0 aliphatic heterocycles. The van der Waals surface area contributed by atoms with Gasteiger partial charge >= 0.3 is 6.01 Å². The number of nitrogens with two attached hydrogens (primary N) is 1. The van der Waals surface area contributed by atoms with Crippen LogP contribution < -0.4 is 10.5 Å². The molecule has 0 amide bonds. The molecule has 6 heteroatoms. The Labute approximate surface area is 106 Å². The summed E-state index contributed by atoms with van der Waals surface area (Å²) in [4.78, 5) is 7.92. The highest BCUT2D eigenvalue weighted by Gasteiger charge is 2.08. The minimum Gasteiger partial charge on any atom is -0.420 e. The summed E-state index contributed by atoms with van der Waals surface area (Å²) in [7, 11) is 0. The van der Waals surface area contributed by atoms with Crippen LogP contribution in [0.25, 0.3) is 0 Å². The molecule has 0 fully saturated rings. The number of benzene rings is 1. The van der Waals surface area contributed by atoms with Crippen LogP contribution in [0.3, 0.4) is 0 Å². The van der Waals surface area contributed by atoms with Crippen LogP contribution in [0.4, 0.5) is 5.69 Å². The maximum atomic E-state index is 5.94. The molecule has 1 aromatic heterocycles. The van der Waals surface area contributed by atoms with Crippen molar-refractivity contribution in [2.45, 2.75) is 0 Å². The molecule has 2 aromatic rings. The van der Waals surface area contributed by atoms with Gasteiger partial charge in [-0.25, -0.2) is 9.97 Å². The number of hydrogen-bond donors (Lipinski definition) is 1. The van der Waals surface area contributed by atoms with Gasteiger partial charge in [0.05, 0.1) is 15.2 Å². The lowest BCUT2D eigenvalue weighted by Gasteiger charge is -2.07. The number of anilines is 1. The minimum atomic E-state index is 0.197. The molecular weight excluding hydrogens is 293 g/mol. The van der Waals surface area contributed by atoms with Gasteiger partial charge in [-0.1, -0.05) is 17.7 Å². The third-order valence-electron chi connectivity index (χ3n) is 1.79. The third-order valence-corrected chi connectivity index (χ3v) is 2.49. The first kappa shape index (κ1) is 11.2. The smallest absolute Gasteiger partial charge is 0.322 e. The number of ether oxygens (including phenoxy) is 1. The molecule has 0 spiro atoms. The van der Waals surface area contributed by atoms with Crippen molar-refractivity contribution < 1.29 is 4.74 Å². The van der Waals surface area contributed by atoms with E-state index in [1.807, 2.05) is 0 Å². The highest BCUT2D eigenvalue weighted by Crippen LogP contribution is 2.33. The van der Waals surface area contributed by atoms with Crippen molar-refractivity contribution in [3.63, 3.8) is 0 Å². The second kappa shape index (κ2) is 4.67. The Balaban J connectivity index is 2.30. The van der Waals surface area contributed by atoms with E-state index < -0.39 is 0 Å². The summed E-state index contributed by atoms with van der Waals surface area (Å²) in [6.45, 7) is 0. The molecule has 0 saturated heterocycles. The largest absolute Gasteiger partial charge is 0.420 e. The van der Waals surface area contributed by atoms with Gasteiger partial charge in [0.15, 0.2) is 5.75 Å². The minimum absolute atomic E-state index is 0.197. The van der Waals surface area contributed by atoms with Gasteiger partial charge < -0.3 is 10.5 Å². The van der Waals surface area contributed by atoms with Crippen molar-refractivity contribution in [2.24, 2.45) is 0 Å². The van der Waals surface area contributed by atoms with Crippen LogP contribution in [0.1, 0.15) is 0 Å². The zero-order valence-electron chi connectivity index (χ0n) is 8.02. The number of rotatable bonds is 2. The lowest BCUT2D eigenvalue weighted by atomic mass is 10.3. The molecule has 0 aliphatic rings. The van der Waals surface area contributed by atoms with Crippen molar-refractivity contribution in [3.8, 4) is 11.8 Å². The number of aromatic nitrogens is 2. The fraction of sp³-hybridized carbons (Fsp3) is 0. The van der Waals surface area contributed by atoms with E-state index in [1.54, 1.807) is 30.6 Å². The number of halogens is 2. The monoisotopic (exact) mass is 299 g/mol. The quantitative estimate of drug-likeness (QED) is 0.865. The van der Waals surface area contributed by atoms with Crippen LogP contribution in [-0.4, -0.2) is 9.97 Å². The molecule has 0 atom stereocenters. The Hall–Kier alpha value is -1.33. The molecule has 0 aliphatic carbocycles. The van der Waals surface area contributed by atoms with Crippen LogP contribution in [0.15, 0.2) is 35.1 Å². The van der Waals surface area contributed by atoms with Gasteiger partial charge in [0, 0.05) is 12.4 Å². The van der Waals surface area contributed by atoms with Crippen LogP contribution >= 0.6 is 27.5 Å². The lowest BCUT2D eigenvalue weighted by Crippen LogP contribution is -1.95. The van der Waals surface area contributed by atoms with E-state index in [1.165, 1.54) is 0 Å². The van der Waals surface area contributed by atoms with E-state index in [4.69, 9.17) is 22.1 Å². The van der Waals surface area contributed by atoms with Gasteiger partial charge in [0.1, 0.15) is 0 Å². The molecule has 82 valence electrons. The summed E-state index contributed by atoms with van der Waals surface area (Å²) in [6.07, 6.45) is 3.16. The summed E-state index contributed by atoms with van der Waals surface area (Å²) < 4.78 is 6.17. The van der Waals surface area contributed by atoms with E-state index in [0.29, 0.717) is 16.5 Å². The molecule has 4 nitrogen and oxygen atoms in total. The molecule has 0 unspecified atom stereocenters. The van der Waals surface area contributed by atoms with Gasteiger partial charge in [-0.15, -0.1) is 0 Å². The van der Waals surface area contributed by atoms with Crippen molar-refractivity contribution >= 4 is 33.2 Å². The third kappa shape index (κ3) is 2.43. The maximum Gasteiger partial charge on any atom is 0.322 e. The van der Waals surface area contributed by atoms with Crippen molar-refractivity contribution in [1.82, 2.24) is 9.97 Å². The average Bonchev–Trinajstić information content (AvgIpc) is 2.26. The van der Waals surface area contributed by atoms with E-state index in [0.717, 1.165) is 4.47 Å². The first-order valence-electron chi connectivity index (χ1n) is 4.36. The topological polar surface area (TPSA) is 61.0 Å². The Morgan fingerprint density at radius 2 is 1.94 bits per heavy atom. The molecule has 1 heterocycles. The second-order valence-corrected chi connectivity index (χ2v) is 4.27. The standard InChI is InChI=1S/C10H7BrClN3O/c11-6-4-14-10(15-5-6)16-9-7(12)2-1-3-8(9)13/h1-5H,13H2. The lowest BCUT2D eigenvalue weighted by molar-refractivity contribution is 0.443. The predicted octanol–water partition coefficient (Wildman–Crippen LogP) is 3.27. The average molecular weight is 301 g/mol. The van der Waals surface area contributed by atoms with Gasteiger partial charge in [-0.3, -0.25) is 0 Å². The van der Waals surface area contributed by atoms with E-state index in [9.17, 15) is 0 Å². The number of nitrogens with zero attached hydrogens (tertiary/aromatic N) is 2. The molecule has 0 radical (unpaired) electrons. The second-order valence-electron chi connectivity index (χ2n) is 2.94. The molecule has 0 saturated carbocycles. The van der Waals surface area contributed by atoms with Crippen molar-refractivity contribution in [2.75, 3.05) is 5.73 Å². The molecular formula is C10H7BrClN3O. The molecule has 16 heavy (non-hydrogen) atoms. The maximum absolute atomic E-state index is 5.94. The number of nitrogen functional groups attached to an aromatic ring is 1. The van der Waals surface area contributed by atoms with Crippen LogP contribution in [0.5, 0.6) is 11.8 Å². The van der Waals surface area contributed by atoms with Crippen LogP contribution in [0, 0.1) is 0 Å². The summed E-state index contributed by atoms with van der Waals surface area (Å²) in [6, 6.07) is 5.32. The Morgan fingerprint density at radius 3 is 2.56 bits per heavy atom. The van der Waals surface area contributed by atoms with Gasteiger partial charge in [-0.2, -0.15) is 0 Å². The predicted molar refractivity (Wildman–Crippen MR) is 65.7 cm³/mol.